The van der Waals surface area contributed by atoms with E-state index in [-0.39, 0.29) is 12.2 Å². The number of thioether (sulfide) groups is 1. The van der Waals surface area contributed by atoms with E-state index in [1.807, 2.05) is 11.8 Å². The van der Waals surface area contributed by atoms with Crippen LogP contribution in [0.3, 0.4) is 0 Å². The molecule has 124 valence electrons. The van der Waals surface area contributed by atoms with Crippen molar-refractivity contribution < 1.29 is 14.4 Å². The van der Waals surface area contributed by atoms with Crippen molar-refractivity contribution in [2.24, 2.45) is 0 Å². The standard InChI is InChI=1S/C17H22NO3PS/c1-12-4-6-14-16(10-12)23-17-11-13(2)5-7-15(17)18(14)8-3-9-22(19,20)21/h4-7,10-11,14,16H,3,8-9H2,1-2H3,(H2,19,20,21). The first kappa shape index (κ1) is 16.8. The number of fused-ring (bicyclic) bond motifs is 2. The molecule has 1 aliphatic carbocycles. The Hall–Kier alpha value is -1.00. The summed E-state index contributed by atoms with van der Waals surface area (Å²) in [5.41, 5.74) is 3.67. The molecule has 2 atom stereocenters. The van der Waals surface area contributed by atoms with Crippen LogP contribution in [0.15, 0.2) is 46.9 Å². The van der Waals surface area contributed by atoms with E-state index in [1.165, 1.54) is 21.7 Å². The molecule has 1 aliphatic heterocycles. The lowest BCUT2D eigenvalue weighted by molar-refractivity contribution is 0.371. The Morgan fingerprint density at radius 1 is 1.30 bits per heavy atom. The summed E-state index contributed by atoms with van der Waals surface area (Å²) in [6.07, 6.45) is 7.07. The molecule has 23 heavy (non-hydrogen) atoms. The van der Waals surface area contributed by atoms with Gasteiger partial charge < -0.3 is 14.7 Å². The van der Waals surface area contributed by atoms with E-state index in [0.29, 0.717) is 18.2 Å². The lowest BCUT2D eigenvalue weighted by Crippen LogP contribution is -2.45. The third-order valence-corrected chi connectivity index (χ3v) is 6.38. The molecule has 1 heterocycles. The summed E-state index contributed by atoms with van der Waals surface area (Å²) in [4.78, 5) is 21.8. The number of aryl methyl sites for hydroxylation is 1. The Labute approximate surface area is 141 Å². The van der Waals surface area contributed by atoms with Crippen LogP contribution in [0.2, 0.25) is 0 Å². The summed E-state index contributed by atoms with van der Waals surface area (Å²) in [5.74, 6) is 0. The van der Waals surface area contributed by atoms with Crippen LogP contribution in [-0.4, -0.2) is 33.8 Å². The largest absolute Gasteiger partial charge is 0.363 e. The molecule has 3 rings (SSSR count). The molecule has 0 saturated heterocycles. The lowest BCUT2D eigenvalue weighted by Gasteiger charge is -2.42. The second-order valence-corrected chi connectivity index (χ2v) is 9.25. The van der Waals surface area contributed by atoms with Crippen molar-refractivity contribution in [2.45, 2.75) is 36.5 Å². The molecule has 2 N–H and O–H groups in total. The zero-order chi connectivity index (χ0) is 16.6. The fourth-order valence-electron chi connectivity index (χ4n) is 3.13. The third kappa shape index (κ3) is 3.92. The molecule has 0 bridgehead atoms. The molecule has 2 aliphatic rings. The molecule has 4 nitrogen and oxygen atoms in total. The van der Waals surface area contributed by atoms with Crippen molar-refractivity contribution >= 4 is 25.0 Å². The molecule has 0 spiro atoms. The topological polar surface area (TPSA) is 60.8 Å². The monoisotopic (exact) mass is 351 g/mol. The average Bonchev–Trinajstić information content (AvgIpc) is 2.44. The number of allylic oxidation sites excluding steroid dienone is 2. The van der Waals surface area contributed by atoms with E-state index < -0.39 is 7.60 Å². The zero-order valence-corrected chi connectivity index (χ0v) is 15.1. The predicted octanol–water partition coefficient (Wildman–Crippen LogP) is 3.73. The van der Waals surface area contributed by atoms with E-state index in [1.54, 1.807) is 0 Å². The molecular formula is C17H22NO3PS. The SMILES string of the molecule is CC1=CC2Sc3cc(C)ccc3N(CCCP(=O)(O)O)C2C=C1. The van der Waals surface area contributed by atoms with Gasteiger partial charge in [-0.2, -0.15) is 0 Å². The second kappa shape index (κ2) is 6.48. The Bertz CT molecular complexity index is 710. The summed E-state index contributed by atoms with van der Waals surface area (Å²) >= 11 is 1.88. The van der Waals surface area contributed by atoms with Gasteiger partial charge in [0.1, 0.15) is 0 Å². The summed E-state index contributed by atoms with van der Waals surface area (Å²) < 4.78 is 11.1. The molecule has 0 amide bonds. The van der Waals surface area contributed by atoms with Crippen molar-refractivity contribution in [1.82, 2.24) is 0 Å². The summed E-state index contributed by atoms with van der Waals surface area (Å²) in [7, 11) is -3.93. The highest BCUT2D eigenvalue weighted by atomic mass is 32.2. The normalized spacial score (nSPS) is 23.3. The number of benzene rings is 1. The van der Waals surface area contributed by atoms with E-state index in [0.717, 1.165) is 0 Å². The van der Waals surface area contributed by atoms with Gasteiger partial charge in [-0.1, -0.05) is 29.9 Å². The number of nitrogens with zero attached hydrogens (tertiary/aromatic N) is 1. The van der Waals surface area contributed by atoms with Crippen LogP contribution in [0.5, 0.6) is 0 Å². The van der Waals surface area contributed by atoms with Crippen LogP contribution in [0.4, 0.5) is 5.69 Å². The van der Waals surface area contributed by atoms with Crippen molar-refractivity contribution in [3.8, 4) is 0 Å². The Balaban J connectivity index is 1.88. The molecule has 0 fully saturated rings. The van der Waals surface area contributed by atoms with E-state index in [2.05, 4.69) is 55.2 Å². The van der Waals surface area contributed by atoms with Gasteiger partial charge in [-0.05, 0) is 38.0 Å². The van der Waals surface area contributed by atoms with Gasteiger partial charge in [0.25, 0.3) is 0 Å². The minimum Gasteiger partial charge on any atom is -0.363 e. The minimum atomic E-state index is -3.93. The highest BCUT2D eigenvalue weighted by Crippen LogP contribution is 2.45. The van der Waals surface area contributed by atoms with Crippen molar-refractivity contribution in [2.75, 3.05) is 17.6 Å². The molecule has 2 unspecified atom stereocenters. The minimum absolute atomic E-state index is 0.0617. The Morgan fingerprint density at radius 2 is 2.09 bits per heavy atom. The highest BCUT2D eigenvalue weighted by Gasteiger charge is 2.33. The number of hydrogen-bond acceptors (Lipinski definition) is 3. The maximum Gasteiger partial charge on any atom is 0.325 e. The Morgan fingerprint density at radius 3 is 2.83 bits per heavy atom. The quantitative estimate of drug-likeness (QED) is 0.810. The van der Waals surface area contributed by atoms with Gasteiger partial charge in [-0.25, -0.2) is 0 Å². The van der Waals surface area contributed by atoms with Crippen molar-refractivity contribution in [3.63, 3.8) is 0 Å². The Kier molecular flexibility index (Phi) is 4.75. The molecule has 0 radical (unpaired) electrons. The maximum atomic E-state index is 11.1. The molecule has 0 aromatic heterocycles. The summed E-state index contributed by atoms with van der Waals surface area (Å²) in [5, 5.41) is 0.351. The molecule has 0 saturated carbocycles. The van der Waals surface area contributed by atoms with E-state index in [9.17, 15) is 4.57 Å². The first-order valence-electron chi connectivity index (χ1n) is 7.79. The van der Waals surface area contributed by atoms with Crippen molar-refractivity contribution in [1.29, 1.82) is 0 Å². The van der Waals surface area contributed by atoms with Gasteiger partial charge >= 0.3 is 7.60 Å². The van der Waals surface area contributed by atoms with Gasteiger partial charge in [-0.3, -0.25) is 4.57 Å². The van der Waals surface area contributed by atoms with Gasteiger partial charge in [-0.15, -0.1) is 11.8 Å². The second-order valence-electron chi connectivity index (χ2n) is 6.25. The molecule has 1 aromatic carbocycles. The third-order valence-electron chi connectivity index (χ3n) is 4.22. The van der Waals surface area contributed by atoms with Crippen LogP contribution in [0, 0.1) is 6.92 Å². The van der Waals surface area contributed by atoms with E-state index in [4.69, 9.17) is 9.79 Å². The van der Waals surface area contributed by atoms with Crippen LogP contribution in [0.25, 0.3) is 0 Å². The lowest BCUT2D eigenvalue weighted by atomic mass is 10.0. The van der Waals surface area contributed by atoms with Gasteiger partial charge in [0.2, 0.25) is 0 Å². The molecule has 1 aromatic rings. The smallest absolute Gasteiger partial charge is 0.325 e. The van der Waals surface area contributed by atoms with Gasteiger partial charge in [0.05, 0.1) is 23.1 Å². The number of anilines is 1. The maximum absolute atomic E-state index is 11.1. The summed E-state index contributed by atoms with van der Waals surface area (Å²) in [6, 6.07) is 6.68. The fourth-order valence-corrected chi connectivity index (χ4v) is 5.20. The zero-order valence-electron chi connectivity index (χ0n) is 13.3. The first-order valence-corrected chi connectivity index (χ1v) is 10.5. The summed E-state index contributed by atoms with van der Waals surface area (Å²) in [6.45, 7) is 4.85. The van der Waals surface area contributed by atoms with E-state index >= 15 is 0 Å². The van der Waals surface area contributed by atoms with Crippen LogP contribution in [0.1, 0.15) is 18.9 Å². The van der Waals surface area contributed by atoms with Crippen LogP contribution >= 0.6 is 19.4 Å². The van der Waals surface area contributed by atoms with Gasteiger partial charge in [0.15, 0.2) is 0 Å². The predicted molar refractivity (Wildman–Crippen MR) is 96.4 cm³/mol. The van der Waals surface area contributed by atoms with Gasteiger partial charge in [0, 0.05) is 11.4 Å². The van der Waals surface area contributed by atoms with Crippen LogP contribution in [-0.2, 0) is 4.57 Å². The first-order chi connectivity index (χ1) is 10.8. The van der Waals surface area contributed by atoms with Crippen molar-refractivity contribution in [3.05, 3.63) is 47.6 Å². The molecular weight excluding hydrogens is 329 g/mol. The average molecular weight is 351 g/mol. The number of rotatable bonds is 4. The fraction of sp³-hybridized carbons (Fsp3) is 0.412. The highest BCUT2D eigenvalue weighted by molar-refractivity contribution is 8.00. The van der Waals surface area contributed by atoms with Crippen LogP contribution < -0.4 is 4.90 Å². The number of hydrogen-bond donors (Lipinski definition) is 2. The molecule has 6 heteroatoms.